The van der Waals surface area contributed by atoms with E-state index in [1.54, 1.807) is 0 Å². The molecule has 0 aromatic heterocycles. The number of aryl methyl sites for hydroxylation is 1. The molecule has 0 saturated carbocycles. The van der Waals surface area contributed by atoms with Crippen LogP contribution in [0.3, 0.4) is 0 Å². The molecule has 3 rings (SSSR count). The Morgan fingerprint density at radius 1 is 1.22 bits per heavy atom. The van der Waals surface area contributed by atoms with E-state index in [9.17, 15) is 13.2 Å². The van der Waals surface area contributed by atoms with E-state index in [1.165, 1.54) is 0 Å². The van der Waals surface area contributed by atoms with E-state index in [4.69, 9.17) is 0 Å². The number of halogens is 1. The van der Waals surface area contributed by atoms with E-state index in [-0.39, 0.29) is 17.7 Å². The maximum atomic E-state index is 12.7. The summed E-state index contributed by atoms with van der Waals surface area (Å²) in [5, 5.41) is 0. The fourth-order valence-corrected chi connectivity index (χ4v) is 5.63. The number of rotatable bonds is 2. The van der Waals surface area contributed by atoms with Crippen molar-refractivity contribution in [1.82, 2.24) is 9.80 Å². The minimum Gasteiger partial charge on any atom is -0.336 e. The highest BCUT2D eigenvalue weighted by Crippen LogP contribution is 2.21. The molecule has 0 aliphatic carbocycles. The molecule has 0 bridgehead atoms. The second-order valence-corrected chi connectivity index (χ2v) is 9.49. The van der Waals surface area contributed by atoms with Gasteiger partial charge in [-0.25, -0.2) is 8.42 Å². The number of carbonyl (C=O) groups excluding carboxylic acids is 1. The van der Waals surface area contributed by atoms with Crippen molar-refractivity contribution in [2.75, 3.05) is 37.7 Å². The Morgan fingerprint density at radius 2 is 1.91 bits per heavy atom. The average Bonchev–Trinajstić information content (AvgIpc) is 2.87. The fraction of sp³-hybridized carbons (Fsp3) is 0.562. The van der Waals surface area contributed by atoms with Gasteiger partial charge in [-0.05, 0) is 37.1 Å². The van der Waals surface area contributed by atoms with Gasteiger partial charge in [-0.15, -0.1) is 0 Å². The maximum Gasteiger partial charge on any atom is 0.254 e. The summed E-state index contributed by atoms with van der Waals surface area (Å²) in [6.45, 7) is 4.76. The molecule has 1 aromatic rings. The van der Waals surface area contributed by atoms with Crippen LogP contribution >= 0.6 is 15.9 Å². The normalized spacial score (nSPS) is 24.8. The zero-order chi connectivity index (χ0) is 16.6. The SMILES string of the molecule is Cc1cc(Br)ccc1C(=O)N1CCN([C@H]2CCS(=O)(=O)C2)CC1. The van der Waals surface area contributed by atoms with Crippen LogP contribution in [-0.4, -0.2) is 67.9 Å². The van der Waals surface area contributed by atoms with Crippen molar-refractivity contribution in [3.05, 3.63) is 33.8 Å². The van der Waals surface area contributed by atoms with Crippen LogP contribution in [0.5, 0.6) is 0 Å². The van der Waals surface area contributed by atoms with Crippen LogP contribution in [0.4, 0.5) is 0 Å². The molecule has 0 unspecified atom stereocenters. The number of hydrogen-bond donors (Lipinski definition) is 0. The monoisotopic (exact) mass is 400 g/mol. The van der Waals surface area contributed by atoms with E-state index in [0.29, 0.717) is 18.8 Å². The molecule has 2 heterocycles. The Labute approximate surface area is 145 Å². The highest BCUT2D eigenvalue weighted by molar-refractivity contribution is 9.10. The van der Waals surface area contributed by atoms with Crippen molar-refractivity contribution < 1.29 is 13.2 Å². The predicted molar refractivity (Wildman–Crippen MR) is 93.4 cm³/mol. The smallest absolute Gasteiger partial charge is 0.254 e. The molecule has 7 heteroatoms. The Morgan fingerprint density at radius 3 is 2.48 bits per heavy atom. The lowest BCUT2D eigenvalue weighted by Gasteiger charge is -2.37. The standard InChI is InChI=1S/C16H21BrN2O3S/c1-12-10-13(17)2-3-15(12)16(20)19-7-5-18(6-8-19)14-4-9-23(21,22)11-14/h2-3,10,14H,4-9,11H2,1H3/t14-/m0/s1. The van der Waals surface area contributed by atoms with Gasteiger partial charge in [0.2, 0.25) is 0 Å². The largest absolute Gasteiger partial charge is 0.336 e. The number of amides is 1. The lowest BCUT2D eigenvalue weighted by Crippen LogP contribution is -2.52. The third-order valence-electron chi connectivity index (χ3n) is 4.75. The number of piperazine rings is 1. The molecule has 0 spiro atoms. The minimum absolute atomic E-state index is 0.0636. The van der Waals surface area contributed by atoms with Gasteiger partial charge in [-0.1, -0.05) is 15.9 Å². The first-order valence-corrected chi connectivity index (χ1v) is 10.5. The molecular formula is C16H21BrN2O3S. The van der Waals surface area contributed by atoms with E-state index in [2.05, 4.69) is 20.8 Å². The van der Waals surface area contributed by atoms with Crippen LogP contribution in [0.1, 0.15) is 22.3 Å². The molecule has 2 fully saturated rings. The van der Waals surface area contributed by atoms with Crippen LogP contribution in [0.25, 0.3) is 0 Å². The van der Waals surface area contributed by atoms with Gasteiger partial charge in [0.05, 0.1) is 11.5 Å². The first-order chi connectivity index (χ1) is 10.9. The molecular weight excluding hydrogens is 380 g/mol. The van der Waals surface area contributed by atoms with Gasteiger partial charge in [0.15, 0.2) is 9.84 Å². The number of nitrogens with zero attached hydrogens (tertiary/aromatic N) is 2. The molecule has 2 saturated heterocycles. The van der Waals surface area contributed by atoms with Crippen LogP contribution < -0.4 is 0 Å². The number of benzene rings is 1. The lowest BCUT2D eigenvalue weighted by atomic mass is 10.1. The van der Waals surface area contributed by atoms with Crippen LogP contribution in [0, 0.1) is 6.92 Å². The molecule has 1 aromatic carbocycles. The fourth-order valence-electron chi connectivity index (χ4n) is 3.39. The van der Waals surface area contributed by atoms with E-state index < -0.39 is 9.84 Å². The summed E-state index contributed by atoms with van der Waals surface area (Å²) in [6, 6.07) is 5.83. The Hall–Kier alpha value is -0.920. The molecule has 1 amide bonds. The summed E-state index contributed by atoms with van der Waals surface area (Å²) in [5.41, 5.74) is 1.71. The summed E-state index contributed by atoms with van der Waals surface area (Å²) < 4.78 is 24.2. The Balaban J connectivity index is 1.61. The third kappa shape index (κ3) is 3.78. The van der Waals surface area contributed by atoms with Crippen molar-refractivity contribution in [2.24, 2.45) is 0 Å². The van der Waals surface area contributed by atoms with Crippen molar-refractivity contribution in [3.63, 3.8) is 0 Å². The molecule has 1 atom stereocenters. The average molecular weight is 401 g/mol. The van der Waals surface area contributed by atoms with E-state index in [1.807, 2.05) is 30.0 Å². The summed E-state index contributed by atoms with van der Waals surface area (Å²) in [4.78, 5) is 16.8. The third-order valence-corrected chi connectivity index (χ3v) is 6.99. The lowest BCUT2D eigenvalue weighted by molar-refractivity contribution is 0.0587. The molecule has 23 heavy (non-hydrogen) atoms. The molecule has 0 radical (unpaired) electrons. The van der Waals surface area contributed by atoms with E-state index in [0.717, 1.165) is 35.1 Å². The zero-order valence-electron chi connectivity index (χ0n) is 13.2. The van der Waals surface area contributed by atoms with Gasteiger partial charge in [0.25, 0.3) is 5.91 Å². The van der Waals surface area contributed by atoms with Crippen LogP contribution in [0.2, 0.25) is 0 Å². The van der Waals surface area contributed by atoms with Crippen molar-refractivity contribution in [1.29, 1.82) is 0 Å². The van der Waals surface area contributed by atoms with Gasteiger partial charge < -0.3 is 4.90 Å². The Bertz CT molecular complexity index is 712. The summed E-state index contributed by atoms with van der Waals surface area (Å²) in [7, 11) is -2.85. The summed E-state index contributed by atoms with van der Waals surface area (Å²) in [5.74, 6) is 0.635. The molecule has 5 nitrogen and oxygen atoms in total. The quantitative estimate of drug-likeness (QED) is 0.757. The first-order valence-electron chi connectivity index (χ1n) is 7.86. The minimum atomic E-state index is -2.85. The second-order valence-electron chi connectivity index (χ2n) is 6.34. The zero-order valence-corrected chi connectivity index (χ0v) is 15.6. The number of sulfone groups is 1. The van der Waals surface area contributed by atoms with E-state index >= 15 is 0 Å². The van der Waals surface area contributed by atoms with Crippen LogP contribution in [-0.2, 0) is 9.84 Å². The van der Waals surface area contributed by atoms with Crippen LogP contribution in [0.15, 0.2) is 22.7 Å². The predicted octanol–water partition coefficient (Wildman–Crippen LogP) is 1.70. The molecule has 0 N–H and O–H groups in total. The highest BCUT2D eigenvalue weighted by Gasteiger charge is 2.34. The number of hydrogen-bond acceptors (Lipinski definition) is 4. The Kier molecular flexibility index (Phi) is 4.80. The summed E-state index contributed by atoms with van der Waals surface area (Å²) in [6.07, 6.45) is 0.724. The second kappa shape index (κ2) is 6.53. The molecule has 2 aliphatic rings. The van der Waals surface area contributed by atoms with Crippen molar-refractivity contribution in [3.8, 4) is 0 Å². The van der Waals surface area contributed by atoms with Crippen molar-refractivity contribution in [2.45, 2.75) is 19.4 Å². The van der Waals surface area contributed by atoms with Gasteiger partial charge in [0.1, 0.15) is 0 Å². The topological polar surface area (TPSA) is 57.7 Å². The highest BCUT2D eigenvalue weighted by atomic mass is 79.9. The first kappa shape index (κ1) is 16.9. The van der Waals surface area contributed by atoms with Gasteiger partial charge in [-0.3, -0.25) is 9.69 Å². The maximum absolute atomic E-state index is 12.7. The van der Waals surface area contributed by atoms with Gasteiger partial charge in [0, 0.05) is 42.3 Å². The number of carbonyl (C=O) groups is 1. The molecule has 2 aliphatic heterocycles. The molecule has 126 valence electrons. The van der Waals surface area contributed by atoms with Crippen molar-refractivity contribution >= 4 is 31.7 Å². The summed E-state index contributed by atoms with van der Waals surface area (Å²) >= 11 is 3.42. The van der Waals surface area contributed by atoms with Gasteiger partial charge >= 0.3 is 0 Å². The van der Waals surface area contributed by atoms with Gasteiger partial charge in [-0.2, -0.15) is 0 Å².